The molecule has 0 bridgehead atoms. The van der Waals surface area contributed by atoms with Crippen LogP contribution in [0.5, 0.6) is 5.88 Å². The van der Waals surface area contributed by atoms with E-state index in [0.717, 1.165) is 54.2 Å². The first kappa shape index (κ1) is 17.9. The number of carbonyl (C=O) groups excluding carboxylic acids is 1. The zero-order valence-corrected chi connectivity index (χ0v) is 15.4. The topological polar surface area (TPSA) is 86.5 Å². The zero-order chi connectivity index (χ0) is 17.6. The van der Waals surface area contributed by atoms with Crippen LogP contribution in [0.3, 0.4) is 0 Å². The van der Waals surface area contributed by atoms with Crippen molar-refractivity contribution < 1.29 is 18.8 Å². The monoisotopic (exact) mass is 365 g/mol. The molecule has 3 heterocycles. The Labute approximate surface area is 150 Å². The second-order valence-electron chi connectivity index (χ2n) is 6.12. The number of hydrogen-bond acceptors (Lipinski definition) is 7. The molecule has 3 rings (SSSR count). The summed E-state index contributed by atoms with van der Waals surface area (Å²) in [6.07, 6.45) is 3.88. The highest BCUT2D eigenvalue weighted by atomic mass is 32.1. The Morgan fingerprint density at radius 1 is 1.52 bits per heavy atom. The highest BCUT2D eigenvalue weighted by Crippen LogP contribution is 2.21. The van der Waals surface area contributed by atoms with E-state index in [1.54, 1.807) is 6.07 Å². The van der Waals surface area contributed by atoms with Crippen LogP contribution in [0.15, 0.2) is 10.6 Å². The van der Waals surface area contributed by atoms with Crippen molar-refractivity contribution in [1.29, 1.82) is 0 Å². The predicted molar refractivity (Wildman–Crippen MR) is 93.0 cm³/mol. The van der Waals surface area contributed by atoms with E-state index < -0.39 is 0 Å². The molecule has 8 heteroatoms. The minimum atomic E-state index is -0.132. The maximum atomic E-state index is 12.2. The van der Waals surface area contributed by atoms with Crippen molar-refractivity contribution in [3.63, 3.8) is 0 Å². The van der Waals surface area contributed by atoms with E-state index in [-0.39, 0.29) is 11.9 Å². The molecule has 2 aromatic rings. The van der Waals surface area contributed by atoms with Gasteiger partial charge in [0, 0.05) is 12.7 Å². The molecule has 0 aromatic carbocycles. The normalized spacial score (nSPS) is 17.0. The fourth-order valence-corrected chi connectivity index (χ4v) is 3.24. The Balaban J connectivity index is 1.56. The van der Waals surface area contributed by atoms with Gasteiger partial charge in [0.15, 0.2) is 0 Å². The van der Waals surface area contributed by atoms with Crippen LogP contribution in [0.1, 0.15) is 52.9 Å². The lowest BCUT2D eigenvalue weighted by molar-refractivity contribution is 0.0933. The summed E-state index contributed by atoms with van der Waals surface area (Å²) < 4.78 is 20.5. The van der Waals surface area contributed by atoms with Gasteiger partial charge in [-0.05, 0) is 37.7 Å². The second kappa shape index (κ2) is 8.44. The minimum absolute atomic E-state index is 0.0831. The van der Waals surface area contributed by atoms with Crippen LogP contribution in [0.25, 0.3) is 0 Å². The first-order valence-electron chi connectivity index (χ1n) is 8.59. The molecule has 1 aliphatic rings. The minimum Gasteiger partial charge on any atom is -0.472 e. The number of nitrogens with zero attached hydrogens (tertiary/aromatic N) is 2. The van der Waals surface area contributed by atoms with Gasteiger partial charge in [-0.2, -0.15) is 4.37 Å². The van der Waals surface area contributed by atoms with Crippen LogP contribution < -0.4 is 10.1 Å². The third kappa shape index (κ3) is 4.58. The third-order valence-electron chi connectivity index (χ3n) is 4.17. The number of aryl methyl sites for hydroxylation is 2. The highest BCUT2D eigenvalue weighted by Gasteiger charge is 2.20. The van der Waals surface area contributed by atoms with Gasteiger partial charge in [-0.15, -0.1) is 0 Å². The Morgan fingerprint density at radius 2 is 2.40 bits per heavy atom. The zero-order valence-electron chi connectivity index (χ0n) is 14.5. The molecular weight excluding hydrogens is 342 g/mol. The average Bonchev–Trinajstić information content (AvgIpc) is 3.33. The summed E-state index contributed by atoms with van der Waals surface area (Å²) in [5, 5.41) is 7.05. The van der Waals surface area contributed by atoms with Crippen LogP contribution in [0, 0.1) is 6.92 Å². The molecule has 0 radical (unpaired) electrons. The van der Waals surface area contributed by atoms with E-state index in [9.17, 15) is 4.79 Å². The molecule has 0 spiro atoms. The quantitative estimate of drug-likeness (QED) is 0.774. The van der Waals surface area contributed by atoms with Crippen molar-refractivity contribution in [2.24, 2.45) is 0 Å². The molecule has 0 saturated carbocycles. The van der Waals surface area contributed by atoms with Crippen LogP contribution in [-0.2, 0) is 17.8 Å². The maximum absolute atomic E-state index is 12.2. The van der Waals surface area contributed by atoms with Gasteiger partial charge in [-0.3, -0.25) is 4.79 Å². The fourth-order valence-electron chi connectivity index (χ4n) is 2.65. The van der Waals surface area contributed by atoms with E-state index in [2.05, 4.69) is 21.8 Å². The van der Waals surface area contributed by atoms with Gasteiger partial charge >= 0.3 is 0 Å². The average molecular weight is 365 g/mol. The molecule has 1 N–H and O–H groups in total. The largest absolute Gasteiger partial charge is 0.472 e. The van der Waals surface area contributed by atoms with Gasteiger partial charge in [0.1, 0.15) is 17.2 Å². The van der Waals surface area contributed by atoms with Crippen molar-refractivity contribution in [2.45, 2.75) is 52.2 Å². The van der Waals surface area contributed by atoms with E-state index in [0.29, 0.717) is 30.6 Å². The van der Waals surface area contributed by atoms with Crippen molar-refractivity contribution in [2.75, 3.05) is 13.2 Å². The summed E-state index contributed by atoms with van der Waals surface area (Å²) in [5.74, 6) is 1.08. The lowest BCUT2D eigenvalue weighted by Crippen LogP contribution is -2.34. The van der Waals surface area contributed by atoms with Crippen molar-refractivity contribution in [3.8, 4) is 5.88 Å². The lowest BCUT2D eigenvalue weighted by Gasteiger charge is -2.08. The molecule has 1 saturated heterocycles. The molecule has 2 aromatic heterocycles. The Hall–Kier alpha value is -1.93. The smallest absolute Gasteiger partial charge is 0.263 e. The van der Waals surface area contributed by atoms with Crippen LogP contribution in [-0.4, -0.2) is 34.7 Å². The lowest BCUT2D eigenvalue weighted by atomic mass is 10.1. The van der Waals surface area contributed by atoms with Gasteiger partial charge in [0.25, 0.3) is 5.91 Å². The van der Waals surface area contributed by atoms with Crippen LogP contribution in [0.4, 0.5) is 0 Å². The number of rotatable bonds is 8. The highest BCUT2D eigenvalue weighted by molar-refractivity contribution is 7.08. The first-order chi connectivity index (χ1) is 12.2. The van der Waals surface area contributed by atoms with Gasteiger partial charge in [0.2, 0.25) is 5.88 Å². The van der Waals surface area contributed by atoms with Crippen molar-refractivity contribution in [3.05, 3.63) is 28.0 Å². The molecule has 0 aliphatic carbocycles. The number of aromatic nitrogens is 2. The predicted octanol–water partition coefficient (Wildman–Crippen LogP) is 2.88. The second-order valence-corrected chi connectivity index (χ2v) is 6.92. The molecule has 1 unspecified atom stereocenters. The maximum Gasteiger partial charge on any atom is 0.263 e. The fraction of sp³-hybridized carbons (Fsp3) is 0.588. The number of amides is 1. The Bertz CT molecular complexity index is 707. The molecule has 7 nitrogen and oxygen atoms in total. The Kier molecular flexibility index (Phi) is 6.04. The molecule has 1 atom stereocenters. The molecule has 136 valence electrons. The standard InChI is InChI=1S/C17H23N3O4S/c1-3-4-5-14-13(11(2)24-19-14)10-23-16-8-15(25-20-16)17(21)18-12-6-7-22-9-12/h8,12H,3-7,9-10H2,1-2H3,(H,18,21). The van der Waals surface area contributed by atoms with E-state index in [1.165, 1.54) is 0 Å². The van der Waals surface area contributed by atoms with Gasteiger partial charge in [0.05, 0.1) is 23.9 Å². The summed E-state index contributed by atoms with van der Waals surface area (Å²) in [6.45, 7) is 5.63. The first-order valence-corrected chi connectivity index (χ1v) is 9.37. The molecule has 1 fully saturated rings. The van der Waals surface area contributed by atoms with Gasteiger partial charge in [-0.1, -0.05) is 18.5 Å². The van der Waals surface area contributed by atoms with E-state index in [4.69, 9.17) is 14.0 Å². The Morgan fingerprint density at radius 3 is 3.16 bits per heavy atom. The SMILES string of the molecule is CCCCc1noc(C)c1COc1cc(C(=O)NC2CCOC2)sn1. The third-order valence-corrected chi connectivity index (χ3v) is 4.95. The molecule has 1 amide bonds. The molecule has 25 heavy (non-hydrogen) atoms. The molecule has 1 aliphatic heterocycles. The van der Waals surface area contributed by atoms with E-state index in [1.807, 2.05) is 6.92 Å². The summed E-state index contributed by atoms with van der Waals surface area (Å²) >= 11 is 1.13. The van der Waals surface area contributed by atoms with Crippen molar-refractivity contribution in [1.82, 2.24) is 14.8 Å². The van der Waals surface area contributed by atoms with Gasteiger partial charge < -0.3 is 19.3 Å². The number of unbranched alkanes of at least 4 members (excludes halogenated alkanes) is 1. The van der Waals surface area contributed by atoms with E-state index >= 15 is 0 Å². The molecular formula is C17H23N3O4S. The number of hydrogen-bond donors (Lipinski definition) is 1. The number of nitrogens with one attached hydrogen (secondary N) is 1. The summed E-state index contributed by atoms with van der Waals surface area (Å²) in [6, 6.07) is 1.75. The van der Waals surface area contributed by atoms with Crippen LogP contribution in [0.2, 0.25) is 0 Å². The van der Waals surface area contributed by atoms with Crippen LogP contribution >= 0.6 is 11.5 Å². The van der Waals surface area contributed by atoms with Crippen molar-refractivity contribution >= 4 is 17.4 Å². The summed E-state index contributed by atoms with van der Waals surface area (Å²) in [4.78, 5) is 12.7. The summed E-state index contributed by atoms with van der Waals surface area (Å²) in [7, 11) is 0. The van der Waals surface area contributed by atoms with Gasteiger partial charge in [-0.25, -0.2) is 0 Å². The number of ether oxygens (including phenoxy) is 2. The summed E-state index contributed by atoms with van der Waals surface area (Å²) in [5.41, 5.74) is 1.91. The number of carbonyl (C=O) groups is 1.